The lowest BCUT2D eigenvalue weighted by Crippen LogP contribution is -2.05. The van der Waals surface area contributed by atoms with Crippen molar-refractivity contribution in [3.05, 3.63) is 29.8 Å². The van der Waals surface area contributed by atoms with Gasteiger partial charge >= 0.3 is 0 Å². The molecule has 0 amide bonds. The zero-order chi connectivity index (χ0) is 10.8. The summed E-state index contributed by atoms with van der Waals surface area (Å²) < 4.78 is 22.4. The van der Waals surface area contributed by atoms with Crippen LogP contribution in [0.25, 0.3) is 0 Å². The van der Waals surface area contributed by atoms with Gasteiger partial charge in [-0.2, -0.15) is 0 Å². The number of aliphatic hydroxyl groups excluding tert-OH is 1. The maximum Gasteiger partial charge on any atom is 0.175 e. The zero-order valence-electron chi connectivity index (χ0n) is 8.27. The summed E-state index contributed by atoms with van der Waals surface area (Å²) in [7, 11) is -3.14. The maximum absolute atomic E-state index is 11.2. The molecule has 1 atom stereocenters. The molecule has 0 heterocycles. The molecular formula is C10H14O3S. The largest absolute Gasteiger partial charge is 0.393 e. The number of aliphatic hydroxyl groups is 1. The third-order valence-corrected chi connectivity index (χ3v) is 2.97. The molecule has 1 rings (SSSR count). The Kier molecular flexibility index (Phi) is 3.29. The van der Waals surface area contributed by atoms with E-state index in [1.165, 1.54) is 6.26 Å². The molecule has 1 aromatic carbocycles. The molecule has 0 aliphatic carbocycles. The van der Waals surface area contributed by atoms with E-state index in [4.69, 9.17) is 5.11 Å². The minimum atomic E-state index is -3.14. The van der Waals surface area contributed by atoms with Gasteiger partial charge < -0.3 is 5.11 Å². The van der Waals surface area contributed by atoms with Crippen LogP contribution in [0.4, 0.5) is 0 Å². The summed E-state index contributed by atoms with van der Waals surface area (Å²) in [5.41, 5.74) is 0.836. The van der Waals surface area contributed by atoms with E-state index in [-0.39, 0.29) is 0 Å². The molecule has 78 valence electrons. The minimum Gasteiger partial charge on any atom is -0.393 e. The van der Waals surface area contributed by atoms with E-state index >= 15 is 0 Å². The number of hydrogen-bond donors (Lipinski definition) is 1. The SMILES string of the molecule is CC(O)Cc1cccc(S(C)(=O)=O)c1. The Bertz CT molecular complexity index is 407. The quantitative estimate of drug-likeness (QED) is 0.817. The first-order valence-corrected chi connectivity index (χ1v) is 6.26. The third kappa shape index (κ3) is 3.12. The van der Waals surface area contributed by atoms with Crippen LogP contribution in [-0.2, 0) is 16.3 Å². The van der Waals surface area contributed by atoms with Crippen molar-refractivity contribution in [1.29, 1.82) is 0 Å². The highest BCUT2D eigenvalue weighted by molar-refractivity contribution is 7.90. The normalized spacial score (nSPS) is 13.9. The summed E-state index contributed by atoms with van der Waals surface area (Å²) in [6.45, 7) is 1.67. The highest BCUT2D eigenvalue weighted by Gasteiger charge is 2.07. The first kappa shape index (κ1) is 11.2. The summed E-state index contributed by atoms with van der Waals surface area (Å²) >= 11 is 0. The van der Waals surface area contributed by atoms with Crippen molar-refractivity contribution in [2.75, 3.05) is 6.26 Å². The summed E-state index contributed by atoms with van der Waals surface area (Å²) in [5, 5.41) is 9.15. The molecule has 1 N–H and O–H groups in total. The Labute approximate surface area is 84.3 Å². The lowest BCUT2D eigenvalue weighted by Gasteiger charge is -2.05. The average molecular weight is 214 g/mol. The molecule has 4 heteroatoms. The summed E-state index contributed by atoms with van der Waals surface area (Å²) in [6.07, 6.45) is 1.20. The second kappa shape index (κ2) is 4.11. The van der Waals surface area contributed by atoms with Gasteiger partial charge in [-0.15, -0.1) is 0 Å². The molecule has 0 aliphatic heterocycles. The Hall–Kier alpha value is -0.870. The topological polar surface area (TPSA) is 54.4 Å². The first-order valence-electron chi connectivity index (χ1n) is 4.36. The first-order chi connectivity index (χ1) is 6.39. The minimum absolute atomic E-state index is 0.302. The number of sulfone groups is 1. The molecule has 14 heavy (non-hydrogen) atoms. The van der Waals surface area contributed by atoms with Crippen molar-refractivity contribution >= 4 is 9.84 Å². The molecule has 3 nitrogen and oxygen atoms in total. The van der Waals surface area contributed by atoms with Gasteiger partial charge in [0, 0.05) is 6.26 Å². The van der Waals surface area contributed by atoms with Gasteiger partial charge in [0.2, 0.25) is 0 Å². The molecule has 0 aromatic heterocycles. The van der Waals surface area contributed by atoms with Crippen LogP contribution >= 0.6 is 0 Å². The Morgan fingerprint density at radius 3 is 2.57 bits per heavy atom. The fraction of sp³-hybridized carbons (Fsp3) is 0.400. The van der Waals surface area contributed by atoms with Gasteiger partial charge in [-0.05, 0) is 31.0 Å². The number of rotatable bonds is 3. The Morgan fingerprint density at radius 1 is 1.43 bits per heavy atom. The monoisotopic (exact) mass is 214 g/mol. The van der Waals surface area contributed by atoms with E-state index in [9.17, 15) is 8.42 Å². The molecule has 0 saturated carbocycles. The van der Waals surface area contributed by atoms with Gasteiger partial charge in [0.05, 0.1) is 11.0 Å². The van der Waals surface area contributed by atoms with Crippen LogP contribution in [0.1, 0.15) is 12.5 Å². The molecule has 1 aromatic rings. The van der Waals surface area contributed by atoms with Crippen LogP contribution in [-0.4, -0.2) is 25.9 Å². The maximum atomic E-state index is 11.2. The van der Waals surface area contributed by atoms with Crippen molar-refractivity contribution < 1.29 is 13.5 Å². The van der Waals surface area contributed by atoms with Gasteiger partial charge in [0.25, 0.3) is 0 Å². The Balaban J connectivity index is 3.02. The molecule has 0 radical (unpaired) electrons. The van der Waals surface area contributed by atoms with Crippen LogP contribution in [0.5, 0.6) is 0 Å². The molecule has 0 saturated heterocycles. The summed E-state index contributed by atoms with van der Waals surface area (Å²) in [4.78, 5) is 0.302. The second-order valence-corrected chi connectivity index (χ2v) is 5.49. The van der Waals surface area contributed by atoms with E-state index < -0.39 is 15.9 Å². The molecule has 1 unspecified atom stereocenters. The van der Waals surface area contributed by atoms with Crippen molar-refractivity contribution in [3.8, 4) is 0 Å². The van der Waals surface area contributed by atoms with Crippen LogP contribution < -0.4 is 0 Å². The fourth-order valence-corrected chi connectivity index (χ4v) is 1.94. The summed E-state index contributed by atoms with van der Waals surface area (Å²) in [6, 6.07) is 6.65. The Morgan fingerprint density at radius 2 is 2.07 bits per heavy atom. The number of hydrogen-bond acceptors (Lipinski definition) is 3. The molecule has 0 fully saturated rings. The average Bonchev–Trinajstić information content (AvgIpc) is 2.01. The highest BCUT2D eigenvalue weighted by Crippen LogP contribution is 2.12. The number of benzene rings is 1. The van der Waals surface area contributed by atoms with Gasteiger partial charge in [-0.1, -0.05) is 12.1 Å². The van der Waals surface area contributed by atoms with Gasteiger partial charge in [-0.3, -0.25) is 0 Å². The van der Waals surface area contributed by atoms with E-state index in [1.807, 2.05) is 0 Å². The van der Waals surface area contributed by atoms with Crippen LogP contribution in [0.2, 0.25) is 0 Å². The van der Waals surface area contributed by atoms with E-state index in [0.717, 1.165) is 5.56 Å². The summed E-state index contributed by atoms with van der Waals surface area (Å²) in [5.74, 6) is 0. The van der Waals surface area contributed by atoms with Crippen LogP contribution in [0, 0.1) is 0 Å². The molecule has 0 bridgehead atoms. The van der Waals surface area contributed by atoms with E-state index in [2.05, 4.69) is 0 Å². The second-order valence-electron chi connectivity index (χ2n) is 3.47. The van der Waals surface area contributed by atoms with Crippen molar-refractivity contribution in [1.82, 2.24) is 0 Å². The lowest BCUT2D eigenvalue weighted by atomic mass is 10.1. The fourth-order valence-electron chi connectivity index (χ4n) is 1.24. The molecule has 0 aliphatic rings. The molecular weight excluding hydrogens is 200 g/mol. The molecule has 0 spiro atoms. The van der Waals surface area contributed by atoms with Gasteiger partial charge in [0.15, 0.2) is 9.84 Å². The zero-order valence-corrected chi connectivity index (χ0v) is 9.08. The van der Waals surface area contributed by atoms with Crippen LogP contribution in [0.15, 0.2) is 29.2 Å². The van der Waals surface area contributed by atoms with Gasteiger partial charge in [0.1, 0.15) is 0 Å². The lowest BCUT2D eigenvalue weighted by molar-refractivity contribution is 0.195. The highest BCUT2D eigenvalue weighted by atomic mass is 32.2. The van der Waals surface area contributed by atoms with Crippen molar-refractivity contribution in [2.45, 2.75) is 24.3 Å². The van der Waals surface area contributed by atoms with Crippen molar-refractivity contribution in [2.24, 2.45) is 0 Å². The predicted molar refractivity (Wildman–Crippen MR) is 54.9 cm³/mol. The standard InChI is InChI=1S/C10H14O3S/c1-8(11)6-9-4-3-5-10(7-9)14(2,12)13/h3-5,7-8,11H,6H2,1-2H3. The van der Waals surface area contributed by atoms with Crippen molar-refractivity contribution in [3.63, 3.8) is 0 Å². The van der Waals surface area contributed by atoms with Crippen LogP contribution in [0.3, 0.4) is 0 Å². The third-order valence-electron chi connectivity index (χ3n) is 1.86. The predicted octanol–water partition coefficient (Wildman–Crippen LogP) is 1.01. The van der Waals surface area contributed by atoms with E-state index in [0.29, 0.717) is 11.3 Å². The van der Waals surface area contributed by atoms with E-state index in [1.54, 1.807) is 31.2 Å². The van der Waals surface area contributed by atoms with Gasteiger partial charge in [-0.25, -0.2) is 8.42 Å². The smallest absolute Gasteiger partial charge is 0.175 e.